The van der Waals surface area contributed by atoms with E-state index >= 15 is 0 Å². The summed E-state index contributed by atoms with van der Waals surface area (Å²) in [6.45, 7) is 0. The molecule has 0 aliphatic heterocycles. The van der Waals surface area contributed by atoms with E-state index in [1.165, 1.54) is 28.6 Å². The maximum Gasteiger partial charge on any atom is 0.416 e. The first-order valence-corrected chi connectivity index (χ1v) is 10.5. The van der Waals surface area contributed by atoms with Gasteiger partial charge in [0, 0.05) is 10.6 Å². The molecule has 174 valence electrons. The number of carbonyl (C=O) groups excluding carboxylic acids is 1. The Kier molecular flexibility index (Phi) is 6.58. The van der Waals surface area contributed by atoms with Gasteiger partial charge in [-0.25, -0.2) is 10.1 Å². The summed E-state index contributed by atoms with van der Waals surface area (Å²) in [6.07, 6.45) is -3.40. The fourth-order valence-corrected chi connectivity index (χ4v) is 3.71. The first-order chi connectivity index (χ1) is 16.3. The maximum absolute atomic E-state index is 12.9. The molecule has 0 unspecified atom stereocenters. The fraction of sp³-hybridized carbons (Fsp3) is 0.100. The second kappa shape index (κ2) is 9.74. The van der Waals surface area contributed by atoms with Gasteiger partial charge in [0.05, 0.1) is 17.5 Å². The molecular weight excluding hydrogens is 473 g/mol. The third kappa shape index (κ3) is 5.23. The van der Waals surface area contributed by atoms with Crippen LogP contribution >= 0.6 is 11.8 Å². The molecule has 0 bridgehead atoms. The van der Waals surface area contributed by atoms with Gasteiger partial charge in [0.25, 0.3) is 5.91 Å². The van der Waals surface area contributed by atoms with Crippen molar-refractivity contribution in [2.75, 3.05) is 5.73 Å². The summed E-state index contributed by atoms with van der Waals surface area (Å²) in [4.78, 5) is 13.7. The Hall–Kier alpha value is -4.20. The number of carbonyl (C=O) groups is 1. The first-order valence-electron chi connectivity index (χ1n) is 9.54. The third-order valence-electron chi connectivity index (χ3n) is 4.39. The van der Waals surface area contributed by atoms with Crippen molar-refractivity contribution in [3.05, 3.63) is 77.1 Å². The zero-order chi connectivity index (χ0) is 24.1. The zero-order valence-corrected chi connectivity index (χ0v) is 17.9. The molecule has 2 aromatic carbocycles. The molecule has 0 radical (unpaired) electrons. The number of nitrogen functional groups attached to an aromatic ring is 1. The molecule has 4 aromatic rings. The number of alkyl halides is 3. The van der Waals surface area contributed by atoms with Gasteiger partial charge in [-0.1, -0.05) is 35.5 Å². The van der Waals surface area contributed by atoms with Crippen LogP contribution in [0.2, 0.25) is 0 Å². The lowest BCUT2D eigenvalue weighted by molar-refractivity contribution is -0.137. The Morgan fingerprint density at radius 1 is 1.18 bits per heavy atom. The Morgan fingerprint density at radius 2 is 1.97 bits per heavy atom. The van der Waals surface area contributed by atoms with E-state index in [0.717, 1.165) is 23.2 Å². The van der Waals surface area contributed by atoms with Crippen LogP contribution in [0.3, 0.4) is 0 Å². The van der Waals surface area contributed by atoms with Gasteiger partial charge in [-0.3, -0.25) is 4.79 Å². The number of thioether (sulfide) groups is 1. The molecule has 2 aromatic heterocycles. The number of amides is 1. The Morgan fingerprint density at radius 3 is 2.68 bits per heavy atom. The number of aromatic nitrogens is 5. The number of nitrogens with zero attached hydrogens (tertiary/aromatic N) is 6. The van der Waals surface area contributed by atoms with E-state index in [0.29, 0.717) is 5.69 Å². The van der Waals surface area contributed by atoms with Crippen LogP contribution in [-0.2, 0) is 11.9 Å². The van der Waals surface area contributed by atoms with E-state index in [1.54, 1.807) is 0 Å². The zero-order valence-electron chi connectivity index (χ0n) is 17.1. The number of halogens is 3. The van der Waals surface area contributed by atoms with Crippen LogP contribution in [-0.4, -0.2) is 37.4 Å². The molecule has 1 amide bonds. The highest BCUT2D eigenvalue weighted by Gasteiger charge is 2.30. The standard InChI is InChI=1S/C20H15F3N8O2S/c21-20(22,23)13-6-4-5-12(9-13)10-25-27-19(32)16-15(11-34-14-7-2-1-3-8-14)31(30-26-16)18-17(24)28-33-29-18/h1-10H,11H2,(H2,24,28)(H,27,32)/b25-10-. The van der Waals surface area contributed by atoms with E-state index in [9.17, 15) is 18.0 Å². The van der Waals surface area contributed by atoms with Crippen LogP contribution in [0, 0.1) is 0 Å². The van der Waals surface area contributed by atoms with Gasteiger partial charge in [-0.2, -0.15) is 23.0 Å². The second-order valence-electron chi connectivity index (χ2n) is 6.69. The average molecular weight is 488 g/mol. The van der Waals surface area contributed by atoms with E-state index < -0.39 is 17.6 Å². The molecule has 0 saturated heterocycles. The van der Waals surface area contributed by atoms with Crippen LogP contribution in [0.5, 0.6) is 0 Å². The fourth-order valence-electron chi connectivity index (χ4n) is 2.80. The smallest absolute Gasteiger partial charge is 0.378 e. The molecule has 0 aliphatic carbocycles. The van der Waals surface area contributed by atoms with Crippen LogP contribution in [0.25, 0.3) is 5.82 Å². The number of nitrogens with two attached hydrogens (primary N) is 1. The highest BCUT2D eigenvalue weighted by molar-refractivity contribution is 7.98. The maximum atomic E-state index is 12.9. The number of hydrazone groups is 1. The summed E-state index contributed by atoms with van der Waals surface area (Å²) in [5.41, 5.74) is 7.59. The second-order valence-corrected chi connectivity index (χ2v) is 7.74. The molecule has 10 nitrogen and oxygen atoms in total. The SMILES string of the molecule is Nc1nonc1-n1nnc(C(=O)N/N=C\c2cccc(C(F)(F)F)c2)c1CSc1ccccc1. The lowest BCUT2D eigenvalue weighted by Crippen LogP contribution is -2.20. The van der Waals surface area contributed by atoms with Crippen molar-refractivity contribution in [1.29, 1.82) is 0 Å². The number of hydrogen-bond donors (Lipinski definition) is 2. The summed E-state index contributed by atoms with van der Waals surface area (Å²) in [5.74, 6) is -0.468. The summed E-state index contributed by atoms with van der Waals surface area (Å²) >= 11 is 1.41. The number of anilines is 1. The van der Waals surface area contributed by atoms with Gasteiger partial charge in [-0.15, -0.1) is 16.9 Å². The first kappa shape index (κ1) is 23.0. The van der Waals surface area contributed by atoms with Crippen molar-refractivity contribution in [1.82, 2.24) is 30.7 Å². The summed E-state index contributed by atoms with van der Waals surface area (Å²) < 4.78 is 44.4. The molecule has 0 spiro atoms. The largest absolute Gasteiger partial charge is 0.416 e. The van der Waals surface area contributed by atoms with Crippen LogP contribution in [0.1, 0.15) is 27.3 Å². The molecule has 2 heterocycles. The topological polar surface area (TPSA) is 137 Å². The minimum Gasteiger partial charge on any atom is -0.378 e. The molecule has 14 heteroatoms. The minimum atomic E-state index is -4.49. The molecule has 0 fully saturated rings. The third-order valence-corrected chi connectivity index (χ3v) is 5.41. The van der Waals surface area contributed by atoms with Crippen molar-refractivity contribution in [3.63, 3.8) is 0 Å². The molecule has 0 aliphatic rings. The molecular formula is C20H15F3N8O2S. The Labute approximate surface area is 194 Å². The van der Waals surface area contributed by atoms with Gasteiger partial charge in [0.15, 0.2) is 5.69 Å². The van der Waals surface area contributed by atoms with Gasteiger partial charge >= 0.3 is 6.18 Å². The van der Waals surface area contributed by atoms with Gasteiger partial charge < -0.3 is 5.73 Å². The van der Waals surface area contributed by atoms with Crippen molar-refractivity contribution >= 4 is 29.7 Å². The summed E-state index contributed by atoms with van der Waals surface area (Å²) in [5, 5.41) is 18.8. The van der Waals surface area contributed by atoms with E-state index in [2.05, 4.69) is 35.8 Å². The van der Waals surface area contributed by atoms with Crippen LogP contribution in [0.15, 0.2) is 69.2 Å². The number of rotatable bonds is 7. The molecule has 34 heavy (non-hydrogen) atoms. The number of benzene rings is 2. The highest BCUT2D eigenvalue weighted by atomic mass is 32.2. The minimum absolute atomic E-state index is 0.0506. The van der Waals surface area contributed by atoms with Crippen molar-refractivity contribution in [2.24, 2.45) is 5.10 Å². The average Bonchev–Trinajstić information content (AvgIpc) is 3.43. The van der Waals surface area contributed by atoms with Crippen LogP contribution in [0.4, 0.5) is 19.0 Å². The highest BCUT2D eigenvalue weighted by Crippen LogP contribution is 2.29. The van der Waals surface area contributed by atoms with E-state index in [1.807, 2.05) is 30.3 Å². The summed E-state index contributed by atoms with van der Waals surface area (Å²) in [6, 6.07) is 13.9. The van der Waals surface area contributed by atoms with Crippen molar-refractivity contribution in [2.45, 2.75) is 16.8 Å². The number of nitrogens with one attached hydrogen (secondary N) is 1. The van der Waals surface area contributed by atoms with Gasteiger partial charge in [0.2, 0.25) is 11.6 Å². The van der Waals surface area contributed by atoms with Crippen molar-refractivity contribution < 1.29 is 22.6 Å². The van der Waals surface area contributed by atoms with Gasteiger partial charge in [0.1, 0.15) is 0 Å². The Bertz CT molecular complexity index is 1320. The normalized spacial score (nSPS) is 11.7. The Balaban J connectivity index is 1.55. The van der Waals surface area contributed by atoms with E-state index in [-0.39, 0.29) is 28.6 Å². The van der Waals surface area contributed by atoms with E-state index in [4.69, 9.17) is 5.73 Å². The van der Waals surface area contributed by atoms with Crippen LogP contribution < -0.4 is 11.2 Å². The predicted octanol–water partition coefficient (Wildman–Crippen LogP) is 3.31. The van der Waals surface area contributed by atoms with Crippen molar-refractivity contribution in [3.8, 4) is 5.82 Å². The molecule has 3 N–H and O–H groups in total. The monoisotopic (exact) mass is 488 g/mol. The quantitative estimate of drug-likeness (QED) is 0.230. The van der Waals surface area contributed by atoms with Gasteiger partial charge in [-0.05, 0) is 40.1 Å². The lowest BCUT2D eigenvalue weighted by Gasteiger charge is -2.06. The number of hydrogen-bond acceptors (Lipinski definition) is 9. The molecule has 4 rings (SSSR count). The molecule has 0 atom stereocenters. The predicted molar refractivity (Wildman–Crippen MR) is 116 cm³/mol. The lowest BCUT2D eigenvalue weighted by atomic mass is 10.1. The molecule has 0 saturated carbocycles. The summed E-state index contributed by atoms with van der Waals surface area (Å²) in [7, 11) is 0.